The molecule has 0 aliphatic heterocycles. The summed E-state index contributed by atoms with van der Waals surface area (Å²) in [6.07, 6.45) is 1.44. The number of hydrogen-bond donors (Lipinski definition) is 2. The van der Waals surface area contributed by atoms with Gasteiger partial charge in [-0.05, 0) is 55.3 Å². The van der Waals surface area contributed by atoms with Crippen LogP contribution in [0.3, 0.4) is 0 Å². The standard InChI is InChI=1S/C19H18N2O3/c1-11-6-12(2)8-13(7-11)21-19(23)16-10-20-17-5-4-14(24-3)9-15(17)18(16)22/h4-10H,1-3H3,(H,20,22)(H,21,23). The first-order valence-electron chi connectivity index (χ1n) is 7.57. The predicted octanol–water partition coefficient (Wildman–Crippen LogP) is 3.41. The molecule has 122 valence electrons. The molecule has 1 aromatic heterocycles. The van der Waals surface area contributed by atoms with Crippen molar-refractivity contribution in [2.45, 2.75) is 13.8 Å². The Labute approximate surface area is 139 Å². The van der Waals surface area contributed by atoms with Crippen molar-refractivity contribution in [1.82, 2.24) is 4.98 Å². The van der Waals surface area contributed by atoms with Gasteiger partial charge in [0, 0.05) is 22.8 Å². The van der Waals surface area contributed by atoms with Crippen molar-refractivity contribution in [3.63, 3.8) is 0 Å². The molecule has 0 bridgehead atoms. The summed E-state index contributed by atoms with van der Waals surface area (Å²) in [6.45, 7) is 3.91. The second kappa shape index (κ2) is 6.20. The fourth-order valence-corrected chi connectivity index (χ4v) is 2.74. The van der Waals surface area contributed by atoms with E-state index in [-0.39, 0.29) is 11.0 Å². The van der Waals surface area contributed by atoms with Gasteiger partial charge in [0.1, 0.15) is 11.3 Å². The van der Waals surface area contributed by atoms with Gasteiger partial charge in [0.15, 0.2) is 0 Å². The summed E-state index contributed by atoms with van der Waals surface area (Å²) in [5.74, 6) is 0.130. The SMILES string of the molecule is COc1ccc2[nH]cc(C(=O)Nc3cc(C)cc(C)c3)c(=O)c2c1. The van der Waals surface area contributed by atoms with Crippen LogP contribution in [0.25, 0.3) is 10.9 Å². The number of aromatic amines is 1. The summed E-state index contributed by atoms with van der Waals surface area (Å²) in [4.78, 5) is 28.1. The number of hydrogen-bond acceptors (Lipinski definition) is 3. The van der Waals surface area contributed by atoms with E-state index >= 15 is 0 Å². The number of ether oxygens (including phenoxy) is 1. The Morgan fingerprint density at radius 3 is 2.46 bits per heavy atom. The lowest BCUT2D eigenvalue weighted by Crippen LogP contribution is -2.22. The highest BCUT2D eigenvalue weighted by Crippen LogP contribution is 2.18. The molecular formula is C19H18N2O3. The number of amides is 1. The number of carbonyl (C=O) groups is 1. The third-order valence-electron chi connectivity index (χ3n) is 3.81. The quantitative estimate of drug-likeness (QED) is 0.776. The fourth-order valence-electron chi connectivity index (χ4n) is 2.74. The van der Waals surface area contributed by atoms with Gasteiger partial charge in [-0.2, -0.15) is 0 Å². The highest BCUT2D eigenvalue weighted by Gasteiger charge is 2.14. The Morgan fingerprint density at radius 1 is 1.08 bits per heavy atom. The van der Waals surface area contributed by atoms with Crippen LogP contribution in [0.5, 0.6) is 5.75 Å². The van der Waals surface area contributed by atoms with Crippen molar-refractivity contribution in [1.29, 1.82) is 0 Å². The third-order valence-corrected chi connectivity index (χ3v) is 3.81. The number of aryl methyl sites for hydroxylation is 2. The molecule has 24 heavy (non-hydrogen) atoms. The molecule has 3 aromatic rings. The number of rotatable bonds is 3. The summed E-state index contributed by atoms with van der Waals surface area (Å²) in [6, 6.07) is 10.9. The molecule has 2 aromatic carbocycles. The average Bonchev–Trinajstić information content (AvgIpc) is 2.54. The van der Waals surface area contributed by atoms with E-state index in [0.717, 1.165) is 11.1 Å². The van der Waals surface area contributed by atoms with Crippen molar-refractivity contribution in [3.8, 4) is 5.75 Å². The molecule has 0 fully saturated rings. The molecule has 1 heterocycles. The highest BCUT2D eigenvalue weighted by molar-refractivity contribution is 6.05. The number of methoxy groups -OCH3 is 1. The lowest BCUT2D eigenvalue weighted by Gasteiger charge is -2.08. The number of aromatic nitrogens is 1. The second-order valence-corrected chi connectivity index (χ2v) is 5.77. The molecule has 0 atom stereocenters. The van der Waals surface area contributed by atoms with Gasteiger partial charge in [-0.1, -0.05) is 6.07 Å². The average molecular weight is 322 g/mol. The molecule has 0 saturated heterocycles. The van der Waals surface area contributed by atoms with Gasteiger partial charge in [-0.15, -0.1) is 0 Å². The zero-order valence-corrected chi connectivity index (χ0v) is 13.8. The molecule has 1 amide bonds. The maximum absolute atomic E-state index is 12.6. The van der Waals surface area contributed by atoms with Gasteiger partial charge in [0.2, 0.25) is 5.43 Å². The van der Waals surface area contributed by atoms with Crippen LogP contribution in [0.1, 0.15) is 21.5 Å². The molecule has 0 aliphatic carbocycles. The second-order valence-electron chi connectivity index (χ2n) is 5.77. The number of carbonyl (C=O) groups excluding carboxylic acids is 1. The molecular weight excluding hydrogens is 304 g/mol. The minimum Gasteiger partial charge on any atom is -0.497 e. The zero-order chi connectivity index (χ0) is 17.3. The first-order valence-corrected chi connectivity index (χ1v) is 7.57. The number of benzene rings is 2. The fraction of sp³-hybridized carbons (Fsp3) is 0.158. The topological polar surface area (TPSA) is 71.2 Å². The van der Waals surface area contributed by atoms with Crippen molar-refractivity contribution in [2.24, 2.45) is 0 Å². The van der Waals surface area contributed by atoms with E-state index in [1.165, 1.54) is 13.3 Å². The van der Waals surface area contributed by atoms with Gasteiger partial charge in [-0.3, -0.25) is 9.59 Å². The van der Waals surface area contributed by atoms with Crippen LogP contribution in [0.4, 0.5) is 5.69 Å². The first kappa shape index (κ1) is 15.8. The first-order chi connectivity index (χ1) is 11.5. The summed E-state index contributed by atoms with van der Waals surface area (Å²) in [5.41, 5.74) is 3.15. The lowest BCUT2D eigenvalue weighted by atomic mass is 10.1. The minimum atomic E-state index is -0.439. The van der Waals surface area contributed by atoms with Crippen molar-refractivity contribution in [2.75, 3.05) is 12.4 Å². The summed E-state index contributed by atoms with van der Waals surface area (Å²) >= 11 is 0. The van der Waals surface area contributed by atoms with E-state index in [1.54, 1.807) is 18.2 Å². The molecule has 0 aliphatic rings. The normalized spacial score (nSPS) is 10.6. The van der Waals surface area contributed by atoms with Gasteiger partial charge < -0.3 is 15.0 Å². The number of fused-ring (bicyclic) bond motifs is 1. The van der Waals surface area contributed by atoms with E-state index in [4.69, 9.17) is 4.74 Å². The Morgan fingerprint density at radius 2 is 1.79 bits per heavy atom. The summed E-state index contributed by atoms with van der Waals surface area (Å²) in [7, 11) is 1.53. The van der Waals surface area contributed by atoms with E-state index < -0.39 is 5.91 Å². The van der Waals surface area contributed by atoms with E-state index in [2.05, 4.69) is 10.3 Å². The van der Waals surface area contributed by atoms with Crippen LogP contribution in [-0.2, 0) is 0 Å². The monoisotopic (exact) mass is 322 g/mol. The molecule has 5 heteroatoms. The predicted molar refractivity (Wildman–Crippen MR) is 95.0 cm³/mol. The van der Waals surface area contributed by atoms with E-state index in [0.29, 0.717) is 22.3 Å². The van der Waals surface area contributed by atoms with Crippen molar-refractivity contribution < 1.29 is 9.53 Å². The zero-order valence-electron chi connectivity index (χ0n) is 13.8. The molecule has 2 N–H and O–H groups in total. The minimum absolute atomic E-state index is 0.0647. The van der Waals surface area contributed by atoms with Gasteiger partial charge >= 0.3 is 0 Å². The van der Waals surface area contributed by atoms with Gasteiger partial charge in [0.25, 0.3) is 5.91 Å². The molecule has 0 unspecified atom stereocenters. The number of nitrogens with one attached hydrogen (secondary N) is 2. The maximum atomic E-state index is 12.6. The van der Waals surface area contributed by atoms with Crippen molar-refractivity contribution in [3.05, 3.63) is 69.5 Å². The van der Waals surface area contributed by atoms with E-state index in [9.17, 15) is 9.59 Å². The number of pyridine rings is 1. The van der Waals surface area contributed by atoms with Crippen LogP contribution >= 0.6 is 0 Å². The van der Waals surface area contributed by atoms with Crippen LogP contribution in [0.15, 0.2) is 47.4 Å². The van der Waals surface area contributed by atoms with Gasteiger partial charge in [0.05, 0.1) is 7.11 Å². The molecule has 0 saturated carbocycles. The van der Waals surface area contributed by atoms with Crippen LogP contribution in [0, 0.1) is 13.8 Å². The summed E-state index contributed by atoms with van der Waals surface area (Å²) < 4.78 is 5.15. The van der Waals surface area contributed by atoms with E-state index in [1.807, 2.05) is 32.0 Å². The number of H-pyrrole nitrogens is 1. The molecule has 0 spiro atoms. The largest absolute Gasteiger partial charge is 0.497 e. The van der Waals surface area contributed by atoms with Gasteiger partial charge in [-0.25, -0.2) is 0 Å². The maximum Gasteiger partial charge on any atom is 0.261 e. The molecule has 3 rings (SSSR count). The van der Waals surface area contributed by atoms with Crippen LogP contribution in [0.2, 0.25) is 0 Å². The highest BCUT2D eigenvalue weighted by atomic mass is 16.5. The Hall–Kier alpha value is -3.08. The summed E-state index contributed by atoms with van der Waals surface area (Å²) in [5, 5.41) is 3.20. The van der Waals surface area contributed by atoms with Crippen LogP contribution < -0.4 is 15.5 Å². The molecule has 0 radical (unpaired) electrons. The lowest BCUT2D eigenvalue weighted by molar-refractivity contribution is 0.102. The Kier molecular flexibility index (Phi) is 4.08. The van der Waals surface area contributed by atoms with Crippen molar-refractivity contribution >= 4 is 22.5 Å². The van der Waals surface area contributed by atoms with Crippen LogP contribution in [-0.4, -0.2) is 18.0 Å². The smallest absolute Gasteiger partial charge is 0.261 e. The number of anilines is 1. The Bertz CT molecular complexity index is 969. The molecule has 5 nitrogen and oxygen atoms in total. The Balaban J connectivity index is 2.00. The third kappa shape index (κ3) is 3.01.